The monoisotopic (exact) mass is 203 g/mol. The Morgan fingerprint density at radius 3 is 2.21 bits per heavy atom. The maximum absolute atomic E-state index is 10.2. The molecule has 0 heterocycles. The molecule has 1 aliphatic carbocycles. The van der Waals surface area contributed by atoms with Gasteiger partial charge in [-0.2, -0.15) is 0 Å². The fraction of sp³-hybridized carbons (Fsp3) is 0.571. The van der Waals surface area contributed by atoms with E-state index < -0.39 is 11.9 Å². The van der Waals surface area contributed by atoms with Gasteiger partial charge in [0.15, 0.2) is 5.78 Å². The van der Waals surface area contributed by atoms with E-state index in [0.29, 0.717) is 6.42 Å². The molecule has 7 nitrogen and oxygen atoms in total. The molecule has 1 aliphatic rings. The maximum atomic E-state index is 10.2. The summed E-state index contributed by atoms with van der Waals surface area (Å²) in [5.74, 6) is -1.33. The molecular weight excluding hydrogens is 190 g/mol. The first-order chi connectivity index (χ1) is 6.47. The van der Waals surface area contributed by atoms with E-state index in [1.807, 2.05) is 0 Å². The SMILES string of the molecule is NC1CC1=O.NCC(=O)NCC(=O)O. The number of amides is 1. The molecule has 1 fully saturated rings. The van der Waals surface area contributed by atoms with Crippen LogP contribution >= 0.6 is 0 Å². The molecule has 0 aliphatic heterocycles. The van der Waals surface area contributed by atoms with E-state index in [-0.39, 0.29) is 24.9 Å². The molecule has 0 aromatic carbocycles. The molecule has 0 radical (unpaired) electrons. The van der Waals surface area contributed by atoms with Crippen LogP contribution < -0.4 is 16.8 Å². The van der Waals surface area contributed by atoms with Crippen LogP contribution in [0.1, 0.15) is 6.42 Å². The van der Waals surface area contributed by atoms with Gasteiger partial charge >= 0.3 is 5.97 Å². The van der Waals surface area contributed by atoms with Crippen molar-refractivity contribution in [2.24, 2.45) is 11.5 Å². The van der Waals surface area contributed by atoms with Crippen LogP contribution in [-0.2, 0) is 14.4 Å². The van der Waals surface area contributed by atoms with Gasteiger partial charge in [-0.1, -0.05) is 0 Å². The molecule has 7 heteroatoms. The Balaban J connectivity index is 0.000000280. The van der Waals surface area contributed by atoms with Gasteiger partial charge in [-0.15, -0.1) is 0 Å². The Morgan fingerprint density at radius 2 is 2.00 bits per heavy atom. The predicted molar refractivity (Wildman–Crippen MR) is 47.3 cm³/mol. The van der Waals surface area contributed by atoms with Gasteiger partial charge in [0.25, 0.3) is 0 Å². The van der Waals surface area contributed by atoms with Gasteiger partial charge in [-0.3, -0.25) is 14.4 Å². The number of aliphatic carboxylic acids is 1. The van der Waals surface area contributed by atoms with E-state index in [9.17, 15) is 14.4 Å². The quantitative estimate of drug-likeness (QED) is 0.398. The highest BCUT2D eigenvalue weighted by molar-refractivity contribution is 5.99. The van der Waals surface area contributed by atoms with E-state index in [1.165, 1.54) is 0 Å². The molecule has 1 unspecified atom stereocenters. The summed E-state index contributed by atoms with van der Waals surface area (Å²) < 4.78 is 0. The van der Waals surface area contributed by atoms with Crippen molar-refractivity contribution in [3.8, 4) is 0 Å². The molecule has 1 atom stereocenters. The molecule has 0 aromatic rings. The Kier molecular flexibility index (Phi) is 5.42. The summed E-state index contributed by atoms with van der Waals surface area (Å²) in [5, 5.41) is 10.1. The van der Waals surface area contributed by atoms with Crippen molar-refractivity contribution >= 4 is 17.7 Å². The number of carbonyl (C=O) groups excluding carboxylic acids is 2. The third kappa shape index (κ3) is 7.19. The lowest BCUT2D eigenvalue weighted by atomic mass is 10.5. The van der Waals surface area contributed by atoms with Crippen LogP contribution in [-0.4, -0.2) is 41.9 Å². The van der Waals surface area contributed by atoms with Crippen molar-refractivity contribution in [1.29, 1.82) is 0 Å². The van der Waals surface area contributed by atoms with Crippen LogP contribution in [0.3, 0.4) is 0 Å². The molecule has 1 saturated carbocycles. The number of carbonyl (C=O) groups is 3. The number of ketones is 1. The van der Waals surface area contributed by atoms with Gasteiger partial charge in [0.05, 0.1) is 12.6 Å². The number of Topliss-reactive ketones (excluding diaryl/α,β-unsaturated/α-hetero) is 1. The molecule has 14 heavy (non-hydrogen) atoms. The third-order valence-corrected chi connectivity index (χ3v) is 1.30. The Hall–Kier alpha value is -1.47. The summed E-state index contributed by atoms with van der Waals surface area (Å²) in [4.78, 5) is 29.7. The van der Waals surface area contributed by atoms with Crippen molar-refractivity contribution in [1.82, 2.24) is 5.32 Å². The van der Waals surface area contributed by atoms with E-state index >= 15 is 0 Å². The Bertz CT molecular complexity index is 241. The maximum Gasteiger partial charge on any atom is 0.322 e. The minimum absolute atomic E-state index is 0.0880. The summed E-state index contributed by atoms with van der Waals surface area (Å²) in [6.45, 7) is -0.538. The van der Waals surface area contributed by atoms with Gasteiger partial charge in [0.2, 0.25) is 5.91 Å². The Labute approximate surface area is 80.4 Å². The second-order valence-corrected chi connectivity index (χ2v) is 2.65. The molecule has 1 amide bonds. The van der Waals surface area contributed by atoms with Crippen LogP contribution in [0.5, 0.6) is 0 Å². The molecule has 0 saturated heterocycles. The highest BCUT2D eigenvalue weighted by Crippen LogP contribution is 2.07. The van der Waals surface area contributed by atoms with Crippen LogP contribution in [0.15, 0.2) is 0 Å². The number of nitrogens with one attached hydrogen (secondary N) is 1. The summed E-state index contributed by atoms with van der Waals surface area (Å²) in [7, 11) is 0. The van der Waals surface area contributed by atoms with E-state index in [2.05, 4.69) is 5.32 Å². The number of carboxylic acid groups (broad SMARTS) is 1. The average Bonchev–Trinajstić information content (AvgIpc) is 2.76. The minimum Gasteiger partial charge on any atom is -0.480 e. The number of hydrogen-bond donors (Lipinski definition) is 4. The van der Waals surface area contributed by atoms with Crippen molar-refractivity contribution in [3.63, 3.8) is 0 Å². The Morgan fingerprint density at radius 1 is 1.57 bits per heavy atom. The van der Waals surface area contributed by atoms with Gasteiger partial charge in [0.1, 0.15) is 6.54 Å². The zero-order chi connectivity index (χ0) is 11.1. The summed E-state index contributed by atoms with van der Waals surface area (Å²) in [5.41, 5.74) is 9.87. The lowest BCUT2D eigenvalue weighted by Crippen LogP contribution is -2.34. The van der Waals surface area contributed by atoms with Crippen LogP contribution in [0.25, 0.3) is 0 Å². The van der Waals surface area contributed by atoms with E-state index in [1.54, 1.807) is 0 Å². The van der Waals surface area contributed by atoms with Crippen molar-refractivity contribution in [2.45, 2.75) is 12.5 Å². The molecule has 80 valence electrons. The highest BCUT2D eigenvalue weighted by Gasteiger charge is 2.29. The largest absolute Gasteiger partial charge is 0.480 e. The fourth-order valence-corrected chi connectivity index (χ4v) is 0.404. The second-order valence-electron chi connectivity index (χ2n) is 2.65. The lowest BCUT2D eigenvalue weighted by molar-refractivity contribution is -0.137. The predicted octanol–water partition coefficient (Wildman–Crippen LogP) is -2.57. The zero-order valence-corrected chi connectivity index (χ0v) is 7.53. The fourth-order valence-electron chi connectivity index (χ4n) is 0.404. The third-order valence-electron chi connectivity index (χ3n) is 1.30. The molecule has 6 N–H and O–H groups in total. The first kappa shape index (κ1) is 12.5. The molecular formula is C7H13N3O4. The minimum atomic E-state index is -1.07. The van der Waals surface area contributed by atoms with Gasteiger partial charge in [-0.05, 0) is 0 Å². The number of rotatable bonds is 3. The number of nitrogens with two attached hydrogens (primary N) is 2. The van der Waals surface area contributed by atoms with Gasteiger partial charge in [-0.25, -0.2) is 0 Å². The van der Waals surface area contributed by atoms with Crippen LogP contribution in [0.4, 0.5) is 0 Å². The first-order valence-electron chi connectivity index (χ1n) is 3.94. The van der Waals surface area contributed by atoms with Crippen molar-refractivity contribution < 1.29 is 19.5 Å². The van der Waals surface area contributed by atoms with Crippen molar-refractivity contribution in [2.75, 3.05) is 13.1 Å². The van der Waals surface area contributed by atoms with E-state index in [4.69, 9.17) is 16.6 Å². The van der Waals surface area contributed by atoms with Crippen LogP contribution in [0, 0.1) is 0 Å². The highest BCUT2D eigenvalue weighted by atomic mass is 16.4. The summed E-state index contributed by atoms with van der Waals surface area (Å²) in [6, 6.07) is -0.0880. The summed E-state index contributed by atoms with van der Waals surface area (Å²) >= 11 is 0. The van der Waals surface area contributed by atoms with Crippen LogP contribution in [0.2, 0.25) is 0 Å². The second kappa shape index (κ2) is 6.06. The van der Waals surface area contributed by atoms with Gasteiger partial charge in [0, 0.05) is 6.42 Å². The average molecular weight is 203 g/mol. The summed E-state index contributed by atoms with van der Waals surface area (Å²) in [6.07, 6.45) is 0.611. The first-order valence-corrected chi connectivity index (χ1v) is 3.94. The van der Waals surface area contributed by atoms with Crippen molar-refractivity contribution in [3.05, 3.63) is 0 Å². The number of hydrogen-bond acceptors (Lipinski definition) is 5. The molecule has 1 rings (SSSR count). The van der Waals surface area contributed by atoms with E-state index in [0.717, 1.165) is 0 Å². The van der Waals surface area contributed by atoms with Gasteiger partial charge < -0.3 is 21.9 Å². The topological polar surface area (TPSA) is 136 Å². The lowest BCUT2D eigenvalue weighted by Gasteiger charge is -1.95. The molecule has 0 spiro atoms. The molecule has 0 bridgehead atoms. The standard InChI is InChI=1S/C4H8N2O3.C3H5NO/c5-1-3(7)6-2-4(8)9;4-2-1-3(2)5/h1-2,5H2,(H,6,7)(H,8,9);2H,1,4H2. The molecule has 0 aromatic heterocycles. The normalized spacial score (nSPS) is 17.9. The smallest absolute Gasteiger partial charge is 0.322 e. The number of carboxylic acids is 1. The zero-order valence-electron chi connectivity index (χ0n) is 7.53.